The number of benzene rings is 2. The average Bonchev–Trinajstić information content (AvgIpc) is 2.76. The molecule has 8 heteroatoms. The van der Waals surface area contributed by atoms with E-state index < -0.39 is 36.9 Å². The Morgan fingerprint density at radius 1 is 1.07 bits per heavy atom. The zero-order valence-corrected chi connectivity index (χ0v) is 15.1. The average molecular weight is 383 g/mol. The first-order chi connectivity index (χ1) is 13.8. The van der Waals surface area contributed by atoms with Crippen LogP contribution in [0.2, 0.25) is 0 Å². The smallest absolute Gasteiger partial charge is 0.184 e. The highest BCUT2D eigenvalue weighted by molar-refractivity contribution is 5.17. The van der Waals surface area contributed by atoms with E-state index >= 15 is 0 Å². The number of azide groups is 1. The van der Waals surface area contributed by atoms with Crippen LogP contribution in [0.5, 0.6) is 0 Å². The third-order valence-electron chi connectivity index (χ3n) is 4.85. The molecular formula is C20H21N3O5. The molecule has 0 aromatic heterocycles. The van der Waals surface area contributed by atoms with E-state index in [9.17, 15) is 5.11 Å². The minimum Gasteiger partial charge on any atom is -0.390 e. The summed E-state index contributed by atoms with van der Waals surface area (Å²) in [6.07, 6.45) is -3.81. The Morgan fingerprint density at radius 3 is 2.50 bits per heavy atom. The van der Waals surface area contributed by atoms with E-state index in [1.807, 2.05) is 60.7 Å². The molecule has 2 aromatic carbocycles. The molecule has 0 bridgehead atoms. The van der Waals surface area contributed by atoms with Crippen molar-refractivity contribution in [3.05, 3.63) is 82.2 Å². The van der Waals surface area contributed by atoms with Crippen molar-refractivity contribution >= 4 is 0 Å². The maximum Gasteiger partial charge on any atom is 0.184 e. The zero-order chi connectivity index (χ0) is 19.3. The molecule has 0 radical (unpaired) electrons. The van der Waals surface area contributed by atoms with Crippen molar-refractivity contribution in [2.24, 2.45) is 5.11 Å². The van der Waals surface area contributed by atoms with Gasteiger partial charge in [-0.2, -0.15) is 0 Å². The van der Waals surface area contributed by atoms with E-state index in [0.29, 0.717) is 0 Å². The number of nitrogens with zero attached hydrogens (tertiary/aromatic N) is 3. The molecule has 0 amide bonds. The summed E-state index contributed by atoms with van der Waals surface area (Å²) in [7, 11) is 0. The van der Waals surface area contributed by atoms with Gasteiger partial charge in [-0.3, -0.25) is 0 Å². The van der Waals surface area contributed by atoms with Gasteiger partial charge in [0.1, 0.15) is 18.2 Å². The van der Waals surface area contributed by atoms with Crippen LogP contribution in [-0.2, 0) is 25.6 Å². The molecule has 2 fully saturated rings. The SMILES string of the molecule is [N-]=[N+]=NC1C(OCc2ccccc2)O[C@@H]2COC(c3ccccc3)OC2[C@@H]1O. The fourth-order valence-corrected chi connectivity index (χ4v) is 3.43. The van der Waals surface area contributed by atoms with E-state index in [2.05, 4.69) is 10.0 Å². The van der Waals surface area contributed by atoms with Gasteiger partial charge in [-0.25, -0.2) is 0 Å². The summed E-state index contributed by atoms with van der Waals surface area (Å²) < 4.78 is 23.5. The van der Waals surface area contributed by atoms with Crippen LogP contribution in [0.15, 0.2) is 65.8 Å². The molecule has 1 N–H and O–H groups in total. The molecule has 0 saturated carbocycles. The minimum absolute atomic E-state index is 0.232. The first kappa shape index (κ1) is 18.9. The van der Waals surface area contributed by atoms with Crippen LogP contribution in [0.4, 0.5) is 0 Å². The number of ether oxygens (including phenoxy) is 4. The lowest BCUT2D eigenvalue weighted by molar-refractivity contribution is -0.343. The van der Waals surface area contributed by atoms with Gasteiger partial charge in [-0.1, -0.05) is 65.8 Å². The first-order valence-electron chi connectivity index (χ1n) is 9.11. The van der Waals surface area contributed by atoms with E-state index in [4.69, 9.17) is 24.5 Å². The molecule has 2 aliphatic heterocycles. The first-order valence-corrected chi connectivity index (χ1v) is 9.11. The Morgan fingerprint density at radius 2 is 1.79 bits per heavy atom. The molecule has 4 unspecified atom stereocenters. The maximum absolute atomic E-state index is 10.8. The van der Waals surface area contributed by atoms with Gasteiger partial charge < -0.3 is 24.1 Å². The molecule has 0 aliphatic carbocycles. The molecule has 2 aliphatic rings. The largest absolute Gasteiger partial charge is 0.390 e. The van der Waals surface area contributed by atoms with Gasteiger partial charge in [-0.05, 0) is 11.1 Å². The predicted molar refractivity (Wildman–Crippen MR) is 98.8 cm³/mol. The summed E-state index contributed by atoms with van der Waals surface area (Å²) in [5.74, 6) is 0. The van der Waals surface area contributed by atoms with Crippen LogP contribution in [0.25, 0.3) is 10.4 Å². The number of rotatable bonds is 5. The third kappa shape index (κ3) is 4.02. The fourth-order valence-electron chi connectivity index (χ4n) is 3.43. The Balaban J connectivity index is 1.47. The molecule has 28 heavy (non-hydrogen) atoms. The van der Waals surface area contributed by atoms with Gasteiger partial charge in [0.05, 0.1) is 19.3 Å². The highest BCUT2D eigenvalue weighted by atomic mass is 16.7. The van der Waals surface area contributed by atoms with Crippen molar-refractivity contribution in [2.75, 3.05) is 6.61 Å². The van der Waals surface area contributed by atoms with Crippen molar-refractivity contribution < 1.29 is 24.1 Å². The molecule has 146 valence electrons. The second-order valence-electron chi connectivity index (χ2n) is 6.70. The van der Waals surface area contributed by atoms with Gasteiger partial charge in [0, 0.05) is 10.5 Å². The number of fused-ring (bicyclic) bond motifs is 1. The van der Waals surface area contributed by atoms with Crippen LogP contribution >= 0.6 is 0 Å². The van der Waals surface area contributed by atoms with Crippen LogP contribution in [0.3, 0.4) is 0 Å². The summed E-state index contributed by atoms with van der Waals surface area (Å²) in [5, 5.41) is 14.5. The lowest BCUT2D eigenvalue weighted by atomic mass is 9.96. The third-order valence-corrected chi connectivity index (χ3v) is 4.85. The van der Waals surface area contributed by atoms with Gasteiger partial charge in [0.15, 0.2) is 12.6 Å². The Bertz CT molecular complexity index is 815. The maximum atomic E-state index is 10.8. The fraction of sp³-hybridized carbons (Fsp3) is 0.400. The number of aliphatic hydroxyl groups is 1. The molecule has 0 spiro atoms. The molecule has 2 heterocycles. The van der Waals surface area contributed by atoms with Crippen LogP contribution in [-0.4, -0.2) is 42.4 Å². The summed E-state index contributed by atoms with van der Waals surface area (Å²) in [6.45, 7) is 0.497. The molecular weight excluding hydrogens is 362 g/mol. The van der Waals surface area contributed by atoms with Crippen molar-refractivity contribution in [3.63, 3.8) is 0 Å². The van der Waals surface area contributed by atoms with Crippen molar-refractivity contribution in [2.45, 2.75) is 43.5 Å². The lowest BCUT2D eigenvalue weighted by Gasteiger charge is -2.46. The van der Waals surface area contributed by atoms with Gasteiger partial charge in [-0.15, -0.1) is 0 Å². The molecule has 2 saturated heterocycles. The summed E-state index contributed by atoms with van der Waals surface area (Å²) in [4.78, 5) is 2.85. The normalized spacial score (nSPS) is 32.2. The standard InChI is InChI=1S/C20H21N3O5/c21-23-22-16-17(24)18-15(12-26-19(28-18)14-9-5-2-6-10-14)27-20(16)25-11-13-7-3-1-4-8-13/h1-10,15-20,24H,11-12H2/t15-,16?,17-,18?,19?,20?/m1/s1. The number of hydrogen-bond acceptors (Lipinski definition) is 6. The van der Waals surface area contributed by atoms with E-state index in [1.165, 1.54) is 0 Å². The highest BCUT2D eigenvalue weighted by Gasteiger charge is 2.49. The molecule has 2 aromatic rings. The summed E-state index contributed by atoms with van der Waals surface area (Å²) in [5.41, 5.74) is 10.7. The Kier molecular flexibility index (Phi) is 5.87. The van der Waals surface area contributed by atoms with Crippen LogP contribution in [0, 0.1) is 0 Å². The van der Waals surface area contributed by atoms with Crippen LogP contribution in [0.1, 0.15) is 17.4 Å². The molecule has 6 atom stereocenters. The topological polar surface area (TPSA) is 106 Å². The van der Waals surface area contributed by atoms with Crippen molar-refractivity contribution in [3.8, 4) is 0 Å². The predicted octanol–water partition coefficient (Wildman–Crippen LogP) is 3.08. The van der Waals surface area contributed by atoms with Crippen molar-refractivity contribution in [1.29, 1.82) is 0 Å². The molecule has 4 rings (SSSR count). The van der Waals surface area contributed by atoms with Crippen LogP contribution < -0.4 is 0 Å². The minimum atomic E-state index is -1.08. The van der Waals surface area contributed by atoms with Gasteiger partial charge in [0.2, 0.25) is 0 Å². The Hall–Kier alpha value is -2.45. The number of hydrogen-bond donors (Lipinski definition) is 1. The quantitative estimate of drug-likeness (QED) is 0.485. The lowest BCUT2D eigenvalue weighted by Crippen LogP contribution is -2.61. The van der Waals surface area contributed by atoms with E-state index in [-0.39, 0.29) is 13.2 Å². The van der Waals surface area contributed by atoms with E-state index in [0.717, 1.165) is 11.1 Å². The monoisotopic (exact) mass is 383 g/mol. The molecule has 8 nitrogen and oxygen atoms in total. The van der Waals surface area contributed by atoms with Gasteiger partial charge >= 0.3 is 0 Å². The second-order valence-corrected chi connectivity index (χ2v) is 6.70. The Labute approximate surface area is 162 Å². The highest BCUT2D eigenvalue weighted by Crippen LogP contribution is 2.35. The second kappa shape index (κ2) is 8.70. The van der Waals surface area contributed by atoms with E-state index in [1.54, 1.807) is 0 Å². The van der Waals surface area contributed by atoms with Gasteiger partial charge in [0.25, 0.3) is 0 Å². The number of aliphatic hydroxyl groups excluding tert-OH is 1. The summed E-state index contributed by atoms with van der Waals surface area (Å²) >= 11 is 0. The zero-order valence-electron chi connectivity index (χ0n) is 15.1. The summed E-state index contributed by atoms with van der Waals surface area (Å²) in [6, 6.07) is 18.1. The van der Waals surface area contributed by atoms with Crippen molar-refractivity contribution in [1.82, 2.24) is 0 Å².